The highest BCUT2D eigenvalue weighted by atomic mass is 19.4. The van der Waals surface area contributed by atoms with Crippen LogP contribution >= 0.6 is 0 Å². The molecule has 11 heteroatoms. The first-order valence-electron chi connectivity index (χ1n) is 12.6. The number of hydrogen-bond acceptors (Lipinski definition) is 4. The van der Waals surface area contributed by atoms with Gasteiger partial charge < -0.3 is 4.74 Å². The molecule has 212 valence electrons. The van der Waals surface area contributed by atoms with Crippen LogP contribution in [0.3, 0.4) is 0 Å². The number of hydrogen-bond donors (Lipinski definition) is 0. The maximum atomic E-state index is 13.4. The molecule has 0 saturated heterocycles. The molecule has 4 nitrogen and oxygen atoms in total. The van der Waals surface area contributed by atoms with Crippen LogP contribution in [-0.4, -0.2) is 35.0 Å². The molecule has 0 unspecified atom stereocenters. The van der Waals surface area contributed by atoms with Crippen molar-refractivity contribution in [3.8, 4) is 28.3 Å². The smallest absolute Gasteiger partial charge is 0.483 e. The van der Waals surface area contributed by atoms with E-state index in [2.05, 4.69) is 26.4 Å². The van der Waals surface area contributed by atoms with Gasteiger partial charge in [-0.1, -0.05) is 75.4 Å². The Bertz CT molecular complexity index is 1150. The second-order valence-corrected chi connectivity index (χ2v) is 9.08. The standard InChI is InChI=1S/C28H29F7N2O2/c1-2-3-4-5-6-7-8-20-17-36-25(37-18-20)23-11-9-21(10-12-23)22-13-15-24(16-14-22)38-19-26(29,30)39-28(34,35)27(31,32)33/h9-18H,2-8,19H2,1H3. The zero-order chi connectivity index (χ0) is 28.5. The van der Waals surface area contributed by atoms with Crippen molar-refractivity contribution in [2.45, 2.75) is 70.3 Å². The maximum absolute atomic E-state index is 13.4. The number of rotatable bonds is 14. The van der Waals surface area contributed by atoms with Crippen molar-refractivity contribution < 1.29 is 40.2 Å². The molecule has 39 heavy (non-hydrogen) atoms. The first kappa shape index (κ1) is 30.3. The number of alkyl halides is 7. The normalized spacial score (nSPS) is 12.5. The molecule has 3 rings (SSSR count). The quantitative estimate of drug-likeness (QED) is 0.146. The molecular weight excluding hydrogens is 529 g/mol. The van der Waals surface area contributed by atoms with Crippen LogP contribution in [0.25, 0.3) is 22.5 Å². The van der Waals surface area contributed by atoms with Crippen LogP contribution in [0.1, 0.15) is 51.0 Å². The fourth-order valence-electron chi connectivity index (χ4n) is 3.74. The summed E-state index contributed by atoms with van der Waals surface area (Å²) in [5.41, 5.74) is 3.37. The molecule has 0 aliphatic heterocycles. The van der Waals surface area contributed by atoms with Gasteiger partial charge in [-0.05, 0) is 41.7 Å². The predicted molar refractivity (Wildman–Crippen MR) is 133 cm³/mol. The van der Waals surface area contributed by atoms with Crippen molar-refractivity contribution in [2.24, 2.45) is 0 Å². The van der Waals surface area contributed by atoms with Crippen molar-refractivity contribution in [1.29, 1.82) is 0 Å². The molecule has 0 amide bonds. The van der Waals surface area contributed by atoms with E-state index in [-0.39, 0.29) is 5.75 Å². The molecule has 1 heterocycles. The summed E-state index contributed by atoms with van der Waals surface area (Å²) in [6.07, 6.45) is -5.25. The van der Waals surface area contributed by atoms with E-state index in [1.54, 1.807) is 0 Å². The Kier molecular flexibility index (Phi) is 10.3. The Balaban J connectivity index is 1.53. The van der Waals surface area contributed by atoms with E-state index in [1.807, 2.05) is 36.7 Å². The van der Waals surface area contributed by atoms with Gasteiger partial charge in [0.05, 0.1) is 0 Å². The summed E-state index contributed by atoms with van der Waals surface area (Å²) in [5, 5.41) is 0. The van der Waals surface area contributed by atoms with Gasteiger partial charge in [-0.15, -0.1) is 0 Å². The Morgan fingerprint density at radius 1 is 0.667 bits per heavy atom. The van der Waals surface area contributed by atoms with Crippen molar-refractivity contribution >= 4 is 0 Å². The van der Waals surface area contributed by atoms with Gasteiger partial charge in [0.1, 0.15) is 5.75 Å². The Hall–Kier alpha value is -3.21. The van der Waals surface area contributed by atoms with Gasteiger partial charge in [0.25, 0.3) is 0 Å². The molecular formula is C28H29F7N2O2. The summed E-state index contributed by atoms with van der Waals surface area (Å²) in [6.45, 7) is 0.365. The average Bonchev–Trinajstić information content (AvgIpc) is 2.89. The van der Waals surface area contributed by atoms with Crippen molar-refractivity contribution in [1.82, 2.24) is 9.97 Å². The van der Waals surface area contributed by atoms with Crippen molar-refractivity contribution in [3.63, 3.8) is 0 Å². The van der Waals surface area contributed by atoms with Gasteiger partial charge in [0.15, 0.2) is 12.4 Å². The second-order valence-electron chi connectivity index (χ2n) is 9.08. The third-order valence-corrected chi connectivity index (χ3v) is 5.87. The van der Waals surface area contributed by atoms with Crippen molar-refractivity contribution in [3.05, 3.63) is 66.5 Å². The molecule has 2 aromatic carbocycles. The molecule has 0 fully saturated rings. The molecule has 3 aromatic rings. The van der Waals surface area contributed by atoms with Crippen LogP contribution in [0.15, 0.2) is 60.9 Å². The predicted octanol–water partition coefficient (Wildman–Crippen LogP) is 8.86. The minimum Gasteiger partial charge on any atom is -0.484 e. The third kappa shape index (κ3) is 9.19. The Morgan fingerprint density at radius 3 is 1.74 bits per heavy atom. The molecule has 0 spiro atoms. The lowest BCUT2D eigenvalue weighted by molar-refractivity contribution is -0.458. The number of aryl methyl sites for hydroxylation is 1. The highest BCUT2D eigenvalue weighted by Gasteiger charge is 2.64. The number of ether oxygens (including phenoxy) is 2. The second kappa shape index (κ2) is 13.2. The minimum absolute atomic E-state index is 0.164. The Morgan fingerprint density at radius 2 is 1.18 bits per heavy atom. The summed E-state index contributed by atoms with van der Waals surface area (Å²) >= 11 is 0. The molecule has 0 N–H and O–H groups in total. The molecule has 0 radical (unpaired) electrons. The largest absolute Gasteiger partial charge is 0.484 e. The van der Waals surface area contributed by atoms with E-state index < -0.39 is 25.0 Å². The molecule has 0 atom stereocenters. The fourth-order valence-corrected chi connectivity index (χ4v) is 3.74. The van der Waals surface area contributed by atoms with Crippen LogP contribution in [0.2, 0.25) is 0 Å². The number of nitrogens with zero attached hydrogens (tertiary/aromatic N) is 2. The molecule has 1 aromatic heterocycles. The van der Waals surface area contributed by atoms with E-state index in [0.717, 1.165) is 29.5 Å². The molecule has 0 aliphatic rings. The van der Waals surface area contributed by atoms with E-state index in [9.17, 15) is 30.7 Å². The number of halogens is 7. The van der Waals surface area contributed by atoms with Gasteiger partial charge in [-0.2, -0.15) is 30.7 Å². The van der Waals surface area contributed by atoms with Gasteiger partial charge >= 0.3 is 18.4 Å². The summed E-state index contributed by atoms with van der Waals surface area (Å²) in [5.74, 6) is 0.416. The van der Waals surface area contributed by atoms with Crippen LogP contribution in [0, 0.1) is 0 Å². The van der Waals surface area contributed by atoms with E-state index in [4.69, 9.17) is 0 Å². The molecule has 0 saturated carbocycles. The van der Waals surface area contributed by atoms with Crippen LogP contribution in [-0.2, 0) is 11.2 Å². The fraction of sp³-hybridized carbons (Fsp3) is 0.429. The molecule has 0 aliphatic carbocycles. The van der Waals surface area contributed by atoms with Gasteiger partial charge in [-0.3, -0.25) is 0 Å². The minimum atomic E-state index is -6.28. The monoisotopic (exact) mass is 558 g/mol. The highest BCUT2D eigenvalue weighted by Crippen LogP contribution is 2.40. The summed E-state index contributed by atoms with van der Waals surface area (Å²) < 4.78 is 96.0. The third-order valence-electron chi connectivity index (χ3n) is 5.87. The van der Waals surface area contributed by atoms with Crippen molar-refractivity contribution in [2.75, 3.05) is 6.61 Å². The van der Waals surface area contributed by atoms with Crippen LogP contribution in [0.4, 0.5) is 30.7 Å². The zero-order valence-electron chi connectivity index (χ0n) is 21.3. The first-order chi connectivity index (χ1) is 18.4. The summed E-state index contributed by atoms with van der Waals surface area (Å²) in [7, 11) is 0. The van der Waals surface area contributed by atoms with Crippen LogP contribution in [0.5, 0.6) is 5.75 Å². The number of benzene rings is 2. The van der Waals surface area contributed by atoms with E-state index >= 15 is 0 Å². The van der Waals surface area contributed by atoms with E-state index in [1.165, 1.54) is 56.4 Å². The lowest BCUT2D eigenvalue weighted by atomic mass is 10.0. The number of aromatic nitrogens is 2. The zero-order valence-corrected chi connectivity index (χ0v) is 21.3. The summed E-state index contributed by atoms with van der Waals surface area (Å²) in [6, 6.07) is 12.9. The van der Waals surface area contributed by atoms with Gasteiger partial charge in [-0.25, -0.2) is 14.7 Å². The molecule has 0 bridgehead atoms. The first-order valence-corrected chi connectivity index (χ1v) is 12.6. The highest BCUT2D eigenvalue weighted by molar-refractivity contribution is 5.68. The summed E-state index contributed by atoms with van der Waals surface area (Å²) in [4.78, 5) is 8.92. The number of unbranched alkanes of at least 4 members (excludes halogenated alkanes) is 5. The van der Waals surface area contributed by atoms with Gasteiger partial charge in [0, 0.05) is 18.0 Å². The maximum Gasteiger partial charge on any atom is 0.483 e. The van der Waals surface area contributed by atoms with E-state index in [0.29, 0.717) is 11.4 Å². The van der Waals surface area contributed by atoms with Crippen LogP contribution < -0.4 is 4.74 Å². The topological polar surface area (TPSA) is 44.2 Å². The average molecular weight is 559 g/mol. The lowest BCUT2D eigenvalue weighted by Crippen LogP contribution is -2.46. The lowest BCUT2D eigenvalue weighted by Gasteiger charge is -2.25. The Labute approximate surface area is 222 Å². The van der Waals surface area contributed by atoms with Gasteiger partial charge in [0.2, 0.25) is 0 Å². The SMILES string of the molecule is CCCCCCCCc1cnc(-c2ccc(-c3ccc(OCC(F)(F)OC(F)(F)C(F)(F)F)cc3)cc2)nc1.